The SMILES string of the molecule is Cc1ccccc1N1C(=O)C(Cl)=C(Nc2ccc(C(=O)N3CCC(C)CC3)cc2)C1=O. The van der Waals surface area contributed by atoms with Gasteiger partial charge in [-0.2, -0.15) is 0 Å². The summed E-state index contributed by atoms with van der Waals surface area (Å²) in [5.41, 5.74) is 2.49. The van der Waals surface area contributed by atoms with E-state index in [1.54, 1.807) is 36.4 Å². The van der Waals surface area contributed by atoms with E-state index in [1.807, 2.05) is 24.0 Å². The molecule has 2 aromatic carbocycles. The molecule has 0 saturated carbocycles. The monoisotopic (exact) mass is 437 g/mol. The van der Waals surface area contributed by atoms with Gasteiger partial charge in [0.2, 0.25) is 0 Å². The molecule has 0 radical (unpaired) electrons. The third-order valence-corrected chi connectivity index (χ3v) is 6.21. The number of halogens is 1. The number of imide groups is 1. The molecule has 4 rings (SSSR count). The third-order valence-electron chi connectivity index (χ3n) is 5.86. The maximum atomic E-state index is 12.9. The molecule has 160 valence electrons. The molecule has 2 heterocycles. The first kappa shape index (κ1) is 21.1. The molecule has 0 bridgehead atoms. The first-order valence-electron chi connectivity index (χ1n) is 10.4. The Labute approximate surface area is 186 Å². The van der Waals surface area contributed by atoms with Gasteiger partial charge in [-0.15, -0.1) is 0 Å². The van der Waals surface area contributed by atoms with Crippen LogP contribution in [0.15, 0.2) is 59.3 Å². The molecule has 3 amide bonds. The number of likely N-dealkylation sites (tertiary alicyclic amines) is 1. The van der Waals surface area contributed by atoms with Crippen LogP contribution in [0.1, 0.15) is 35.7 Å². The standard InChI is InChI=1S/C24H24ClN3O3/c1-15-11-13-27(14-12-15)22(29)17-7-9-18(10-8-17)26-21-20(25)23(30)28(24(21)31)19-6-4-3-5-16(19)2/h3-10,15,26H,11-14H2,1-2H3. The van der Waals surface area contributed by atoms with E-state index in [9.17, 15) is 14.4 Å². The average molecular weight is 438 g/mol. The Morgan fingerprint density at radius 1 is 1.00 bits per heavy atom. The Morgan fingerprint density at radius 3 is 2.29 bits per heavy atom. The van der Waals surface area contributed by atoms with Crippen LogP contribution < -0.4 is 10.2 Å². The van der Waals surface area contributed by atoms with Crippen molar-refractivity contribution in [2.45, 2.75) is 26.7 Å². The number of hydrogen-bond acceptors (Lipinski definition) is 4. The molecule has 1 fully saturated rings. The summed E-state index contributed by atoms with van der Waals surface area (Å²) < 4.78 is 0. The van der Waals surface area contributed by atoms with Crippen molar-refractivity contribution in [1.82, 2.24) is 4.90 Å². The second-order valence-corrected chi connectivity index (χ2v) is 8.48. The Morgan fingerprint density at radius 2 is 1.65 bits per heavy atom. The van der Waals surface area contributed by atoms with E-state index in [-0.39, 0.29) is 16.6 Å². The van der Waals surface area contributed by atoms with E-state index >= 15 is 0 Å². The number of piperidine rings is 1. The predicted octanol–water partition coefficient (Wildman–Crippen LogP) is 4.30. The molecular weight excluding hydrogens is 414 g/mol. The number of para-hydroxylation sites is 1. The molecule has 0 aromatic heterocycles. The Bertz CT molecular complexity index is 1070. The molecule has 0 spiro atoms. The highest BCUT2D eigenvalue weighted by molar-refractivity contribution is 6.53. The summed E-state index contributed by atoms with van der Waals surface area (Å²) in [7, 11) is 0. The van der Waals surface area contributed by atoms with Crippen molar-refractivity contribution in [2.75, 3.05) is 23.3 Å². The quantitative estimate of drug-likeness (QED) is 0.724. The summed E-state index contributed by atoms with van der Waals surface area (Å²) in [5.74, 6) is -0.408. The number of aryl methyl sites for hydroxylation is 1. The van der Waals surface area contributed by atoms with Crippen LogP contribution in [0.5, 0.6) is 0 Å². The number of amides is 3. The van der Waals surface area contributed by atoms with Gasteiger partial charge in [0.1, 0.15) is 10.7 Å². The number of carbonyl (C=O) groups excluding carboxylic acids is 3. The zero-order chi connectivity index (χ0) is 22.1. The van der Waals surface area contributed by atoms with Gasteiger partial charge < -0.3 is 10.2 Å². The topological polar surface area (TPSA) is 69.7 Å². The molecule has 2 aliphatic rings. The normalized spacial score (nSPS) is 17.5. The van der Waals surface area contributed by atoms with Crippen molar-refractivity contribution in [3.05, 3.63) is 70.4 Å². The summed E-state index contributed by atoms with van der Waals surface area (Å²) in [5, 5.41) is 2.80. The van der Waals surface area contributed by atoms with E-state index in [0.717, 1.165) is 36.4 Å². The fourth-order valence-corrected chi connectivity index (χ4v) is 4.09. The Balaban J connectivity index is 1.49. The van der Waals surface area contributed by atoms with Gasteiger partial charge in [0.05, 0.1) is 5.69 Å². The minimum absolute atomic E-state index is 0.00791. The summed E-state index contributed by atoms with van der Waals surface area (Å²) >= 11 is 6.21. The van der Waals surface area contributed by atoms with Crippen LogP contribution >= 0.6 is 11.6 Å². The molecule has 2 aliphatic heterocycles. The zero-order valence-corrected chi connectivity index (χ0v) is 18.3. The molecule has 6 nitrogen and oxygen atoms in total. The molecule has 0 unspecified atom stereocenters. The maximum Gasteiger partial charge on any atom is 0.283 e. The van der Waals surface area contributed by atoms with Crippen LogP contribution in [-0.2, 0) is 9.59 Å². The number of hydrogen-bond donors (Lipinski definition) is 1. The minimum Gasteiger partial charge on any atom is -0.350 e. The highest BCUT2D eigenvalue weighted by Crippen LogP contribution is 2.32. The first-order chi connectivity index (χ1) is 14.9. The molecule has 1 saturated heterocycles. The van der Waals surface area contributed by atoms with E-state index in [4.69, 9.17) is 11.6 Å². The minimum atomic E-state index is -0.561. The van der Waals surface area contributed by atoms with E-state index < -0.39 is 11.8 Å². The van der Waals surface area contributed by atoms with E-state index in [1.165, 1.54) is 0 Å². The van der Waals surface area contributed by atoms with Crippen molar-refractivity contribution >= 4 is 40.7 Å². The predicted molar refractivity (Wildman–Crippen MR) is 121 cm³/mol. The molecular formula is C24H24ClN3O3. The van der Waals surface area contributed by atoms with E-state index in [2.05, 4.69) is 12.2 Å². The van der Waals surface area contributed by atoms with Gasteiger partial charge in [0, 0.05) is 24.3 Å². The average Bonchev–Trinajstić information content (AvgIpc) is 2.98. The first-order valence-corrected chi connectivity index (χ1v) is 10.7. The molecule has 31 heavy (non-hydrogen) atoms. The maximum absolute atomic E-state index is 12.9. The second kappa shape index (κ2) is 8.55. The van der Waals surface area contributed by atoms with Gasteiger partial charge in [-0.1, -0.05) is 36.7 Å². The molecule has 7 heteroatoms. The van der Waals surface area contributed by atoms with Crippen molar-refractivity contribution < 1.29 is 14.4 Å². The van der Waals surface area contributed by atoms with Crippen LogP contribution in [0.3, 0.4) is 0 Å². The lowest BCUT2D eigenvalue weighted by Gasteiger charge is -2.30. The van der Waals surface area contributed by atoms with Gasteiger partial charge >= 0.3 is 0 Å². The number of anilines is 2. The number of benzene rings is 2. The summed E-state index contributed by atoms with van der Waals surface area (Å²) in [4.78, 5) is 41.2. The van der Waals surface area contributed by atoms with Crippen LogP contribution in [0.25, 0.3) is 0 Å². The number of nitrogens with zero attached hydrogens (tertiary/aromatic N) is 2. The summed E-state index contributed by atoms with van der Waals surface area (Å²) in [6.45, 7) is 5.58. The van der Waals surface area contributed by atoms with E-state index in [0.29, 0.717) is 22.9 Å². The smallest absolute Gasteiger partial charge is 0.283 e. The van der Waals surface area contributed by atoms with Gasteiger partial charge in [-0.3, -0.25) is 14.4 Å². The summed E-state index contributed by atoms with van der Waals surface area (Å²) in [6.07, 6.45) is 2.04. The fraction of sp³-hybridized carbons (Fsp3) is 0.292. The largest absolute Gasteiger partial charge is 0.350 e. The van der Waals surface area contributed by atoms with Crippen molar-refractivity contribution in [1.29, 1.82) is 0 Å². The highest BCUT2D eigenvalue weighted by atomic mass is 35.5. The lowest BCUT2D eigenvalue weighted by molar-refractivity contribution is -0.120. The van der Waals surface area contributed by atoms with Gasteiger partial charge in [0.15, 0.2) is 0 Å². The third kappa shape index (κ3) is 4.08. The molecule has 0 aliphatic carbocycles. The van der Waals surface area contributed by atoms with Crippen LogP contribution in [0.4, 0.5) is 11.4 Å². The highest BCUT2D eigenvalue weighted by Gasteiger charge is 2.39. The van der Waals surface area contributed by atoms with Crippen molar-refractivity contribution in [3.63, 3.8) is 0 Å². The lowest BCUT2D eigenvalue weighted by atomic mass is 9.98. The lowest BCUT2D eigenvalue weighted by Crippen LogP contribution is -2.37. The number of carbonyl (C=O) groups is 3. The molecule has 2 aromatic rings. The number of nitrogens with one attached hydrogen (secondary N) is 1. The van der Waals surface area contributed by atoms with Crippen molar-refractivity contribution in [3.8, 4) is 0 Å². The summed E-state index contributed by atoms with van der Waals surface area (Å²) in [6, 6.07) is 14.0. The number of rotatable bonds is 4. The molecule has 1 N–H and O–H groups in total. The zero-order valence-electron chi connectivity index (χ0n) is 17.5. The van der Waals surface area contributed by atoms with Crippen LogP contribution in [-0.4, -0.2) is 35.7 Å². The van der Waals surface area contributed by atoms with Gasteiger partial charge in [-0.05, 0) is 61.6 Å². The Kier molecular flexibility index (Phi) is 5.83. The van der Waals surface area contributed by atoms with Gasteiger partial charge in [0.25, 0.3) is 17.7 Å². The van der Waals surface area contributed by atoms with Crippen LogP contribution in [0, 0.1) is 12.8 Å². The van der Waals surface area contributed by atoms with Crippen molar-refractivity contribution in [2.24, 2.45) is 5.92 Å². The van der Waals surface area contributed by atoms with Crippen LogP contribution in [0.2, 0.25) is 0 Å². The second-order valence-electron chi connectivity index (χ2n) is 8.10. The molecule has 0 atom stereocenters. The van der Waals surface area contributed by atoms with Gasteiger partial charge in [-0.25, -0.2) is 4.90 Å². The Hall–Kier alpha value is -3.12. The fourth-order valence-electron chi connectivity index (χ4n) is 3.88.